The predicted molar refractivity (Wildman–Crippen MR) is 149 cm³/mol. The third-order valence-electron chi connectivity index (χ3n) is 5.20. The number of amides is 1. The zero-order chi connectivity index (χ0) is 28.2. The zero-order valence-corrected chi connectivity index (χ0v) is 29.2. The van der Waals surface area contributed by atoms with Crippen molar-refractivity contribution >= 4 is 145 Å². The second-order valence-electron chi connectivity index (χ2n) is 7.72. The molecule has 0 fully saturated rings. The maximum absolute atomic E-state index is 13.0. The van der Waals surface area contributed by atoms with Gasteiger partial charge in [-0.25, -0.2) is 13.4 Å². The number of benzene rings is 2. The van der Waals surface area contributed by atoms with Crippen LogP contribution in [0.15, 0.2) is 59.8 Å². The average molecular weight is 668 g/mol. The molecule has 40 heavy (non-hydrogen) atoms. The van der Waals surface area contributed by atoms with Gasteiger partial charge in [-0.3, -0.25) is 13.9 Å². The van der Waals surface area contributed by atoms with Crippen molar-refractivity contribution in [2.24, 2.45) is 15.3 Å². The fourth-order valence-corrected chi connectivity index (χ4v) is 7.50. The SMILES string of the molecule is CCS(=O)(=O)c1nc2ccc(N=NC3C(=O)N(c4cc(S(=O)(=O)O)ccc4Cl)N=C3C)c(S(=O)(=O)O)c2s1.[Na].[Na]. The van der Waals surface area contributed by atoms with Gasteiger partial charge < -0.3 is 0 Å². The molecule has 2 N–H and O–H groups in total. The molecule has 0 spiro atoms. The smallest absolute Gasteiger partial charge is 0.282 e. The number of rotatable bonds is 7. The second-order valence-corrected chi connectivity index (χ2v) is 14.4. The van der Waals surface area contributed by atoms with Crippen LogP contribution in [0.1, 0.15) is 13.8 Å². The Morgan fingerprint density at radius 2 is 1.70 bits per heavy atom. The molecule has 0 saturated heterocycles. The Bertz CT molecular complexity index is 1900. The molecule has 1 unspecified atom stereocenters. The van der Waals surface area contributed by atoms with Crippen LogP contribution in [0.2, 0.25) is 5.02 Å². The van der Waals surface area contributed by atoms with E-state index in [-0.39, 0.29) is 95.8 Å². The van der Waals surface area contributed by atoms with Crippen molar-refractivity contribution in [2.45, 2.75) is 34.0 Å². The van der Waals surface area contributed by atoms with Gasteiger partial charge >= 0.3 is 0 Å². The molecular formula is C19H16ClN5Na2O9S4. The van der Waals surface area contributed by atoms with Crippen LogP contribution >= 0.6 is 22.9 Å². The number of azo groups is 1. The normalized spacial score (nSPS) is 16.2. The van der Waals surface area contributed by atoms with E-state index in [0.717, 1.165) is 29.3 Å². The van der Waals surface area contributed by atoms with Crippen LogP contribution in [-0.2, 0) is 34.9 Å². The van der Waals surface area contributed by atoms with Gasteiger partial charge in [-0.2, -0.15) is 37.2 Å². The third kappa shape index (κ3) is 7.01. The molecule has 14 nitrogen and oxygen atoms in total. The van der Waals surface area contributed by atoms with Crippen molar-refractivity contribution < 1.29 is 39.2 Å². The minimum absolute atomic E-state index is 0. The first kappa shape index (κ1) is 35.3. The average Bonchev–Trinajstić information content (AvgIpc) is 3.37. The second kappa shape index (κ2) is 12.8. The van der Waals surface area contributed by atoms with Crippen molar-refractivity contribution in [1.82, 2.24) is 4.98 Å². The molecule has 2 radical (unpaired) electrons. The van der Waals surface area contributed by atoms with E-state index in [2.05, 4.69) is 20.3 Å². The number of fused-ring (bicyclic) bond motifs is 1. The topological polar surface area (TPSA) is 213 Å². The number of halogens is 1. The summed E-state index contributed by atoms with van der Waals surface area (Å²) in [4.78, 5) is 15.7. The molecule has 1 aromatic heterocycles. The Morgan fingerprint density at radius 3 is 2.27 bits per heavy atom. The first-order chi connectivity index (χ1) is 17.5. The maximum Gasteiger partial charge on any atom is 0.298 e. The van der Waals surface area contributed by atoms with E-state index in [1.165, 1.54) is 19.9 Å². The van der Waals surface area contributed by atoms with Gasteiger partial charge in [-0.05, 0) is 37.3 Å². The molecule has 3 aromatic rings. The molecule has 0 aliphatic carbocycles. The number of aromatic nitrogens is 1. The van der Waals surface area contributed by atoms with Crippen molar-refractivity contribution in [1.29, 1.82) is 0 Å². The molecule has 2 aromatic carbocycles. The molecule has 0 saturated carbocycles. The number of thiazole rings is 1. The number of carbonyl (C=O) groups is 1. The maximum atomic E-state index is 13.0. The van der Waals surface area contributed by atoms with E-state index in [1.54, 1.807) is 0 Å². The number of carbonyl (C=O) groups excluding carboxylic acids is 1. The summed E-state index contributed by atoms with van der Waals surface area (Å²) in [5, 5.41) is 12.4. The van der Waals surface area contributed by atoms with Crippen molar-refractivity contribution in [2.75, 3.05) is 10.8 Å². The molecule has 21 heteroatoms. The van der Waals surface area contributed by atoms with E-state index in [4.69, 9.17) is 11.6 Å². The van der Waals surface area contributed by atoms with Crippen LogP contribution in [0.3, 0.4) is 0 Å². The molecule has 2 heterocycles. The number of hydrazone groups is 1. The fourth-order valence-electron chi connectivity index (χ4n) is 3.32. The van der Waals surface area contributed by atoms with Gasteiger partial charge in [0.25, 0.3) is 26.1 Å². The summed E-state index contributed by atoms with van der Waals surface area (Å²) < 4.78 is 90.5. The minimum atomic E-state index is -4.95. The molecular weight excluding hydrogens is 652 g/mol. The van der Waals surface area contributed by atoms with Gasteiger partial charge in [0.15, 0.2) is 6.04 Å². The molecule has 1 aliphatic heterocycles. The van der Waals surface area contributed by atoms with E-state index < -0.39 is 57.5 Å². The molecule has 1 amide bonds. The van der Waals surface area contributed by atoms with Crippen LogP contribution in [0.25, 0.3) is 10.2 Å². The van der Waals surface area contributed by atoms with Crippen molar-refractivity contribution in [3.63, 3.8) is 0 Å². The number of anilines is 1. The number of hydrogen-bond acceptors (Lipinski definition) is 12. The summed E-state index contributed by atoms with van der Waals surface area (Å²) in [5.74, 6) is -1.11. The summed E-state index contributed by atoms with van der Waals surface area (Å²) in [6.07, 6.45) is 0. The summed E-state index contributed by atoms with van der Waals surface area (Å²) in [7, 11) is -13.3. The third-order valence-corrected chi connectivity index (χ3v) is 10.7. The zero-order valence-electron chi connectivity index (χ0n) is 21.2. The first-order valence-electron chi connectivity index (χ1n) is 10.3. The van der Waals surface area contributed by atoms with E-state index in [9.17, 15) is 39.2 Å². The number of nitrogens with zero attached hydrogens (tertiary/aromatic N) is 5. The molecule has 1 aliphatic rings. The first-order valence-corrected chi connectivity index (χ1v) is 16.0. The number of hydrogen-bond donors (Lipinski definition) is 2. The van der Waals surface area contributed by atoms with Gasteiger partial charge in [0.05, 0.1) is 37.3 Å². The van der Waals surface area contributed by atoms with Crippen LogP contribution in [0.5, 0.6) is 0 Å². The fraction of sp³-hybridized carbons (Fsp3) is 0.211. The van der Waals surface area contributed by atoms with Crippen LogP contribution < -0.4 is 5.01 Å². The minimum Gasteiger partial charge on any atom is -0.282 e. The van der Waals surface area contributed by atoms with Gasteiger partial charge in [0, 0.05) is 59.1 Å². The molecule has 0 bridgehead atoms. The monoisotopic (exact) mass is 667 g/mol. The molecule has 4 rings (SSSR count). The molecule has 204 valence electrons. The summed E-state index contributed by atoms with van der Waals surface area (Å²) in [6.45, 7) is 2.79. The van der Waals surface area contributed by atoms with Crippen molar-refractivity contribution in [3.05, 3.63) is 35.4 Å². The van der Waals surface area contributed by atoms with Gasteiger partial charge in [-0.15, -0.1) is 11.3 Å². The van der Waals surface area contributed by atoms with Gasteiger partial charge in [0.2, 0.25) is 14.2 Å². The van der Waals surface area contributed by atoms with Crippen LogP contribution in [-0.4, -0.2) is 122 Å². The Kier molecular flexibility index (Phi) is 11.3. The predicted octanol–water partition coefficient (Wildman–Crippen LogP) is 2.35. The summed E-state index contributed by atoms with van der Waals surface area (Å²) >= 11 is 6.63. The number of sulfone groups is 1. The van der Waals surface area contributed by atoms with Crippen molar-refractivity contribution in [3.8, 4) is 0 Å². The van der Waals surface area contributed by atoms with E-state index >= 15 is 0 Å². The van der Waals surface area contributed by atoms with E-state index in [1.807, 2.05) is 0 Å². The van der Waals surface area contributed by atoms with Crippen LogP contribution in [0, 0.1) is 0 Å². The summed E-state index contributed by atoms with van der Waals surface area (Å²) in [5.41, 5.74) is -0.494. The van der Waals surface area contributed by atoms with Gasteiger partial charge in [-0.1, -0.05) is 18.5 Å². The Labute approximate surface area is 281 Å². The van der Waals surface area contributed by atoms with E-state index in [0.29, 0.717) is 11.3 Å². The van der Waals surface area contributed by atoms with Crippen LogP contribution in [0.4, 0.5) is 11.4 Å². The largest absolute Gasteiger partial charge is 0.298 e. The Balaban J connectivity index is 0.00000280. The molecule has 1 atom stereocenters. The van der Waals surface area contributed by atoms with Gasteiger partial charge in [0.1, 0.15) is 10.6 Å². The summed E-state index contributed by atoms with van der Waals surface area (Å²) in [6, 6.07) is 4.13. The Hall–Kier alpha value is -0.870. The standard InChI is InChI=1S/C19H16ClN5O9S4.2Na/c1-3-36(27,28)19-21-12-6-7-13(17(16(12)35-19)38(32,33)34)22-23-15-9(2)24-25(18(15)26)14-8-10(37(29,30)31)4-5-11(14)20;;/h4-8,15H,3H2,1-2H3,(H,29,30,31)(H,32,33,34);;. The quantitative estimate of drug-likeness (QED) is 0.213. The Morgan fingerprint density at radius 1 is 1.05 bits per heavy atom.